The fourth-order valence-electron chi connectivity index (χ4n) is 1.54. The first-order valence-corrected chi connectivity index (χ1v) is 4.61. The molecule has 0 atom stereocenters. The van der Waals surface area contributed by atoms with E-state index >= 15 is 0 Å². The van der Waals surface area contributed by atoms with E-state index in [-0.39, 0.29) is 0 Å². The zero-order chi connectivity index (χ0) is 9.54. The summed E-state index contributed by atoms with van der Waals surface area (Å²) in [5.74, 6) is 0.676. The molecule has 0 saturated carbocycles. The highest BCUT2D eigenvalue weighted by molar-refractivity contribution is 6.35. The highest BCUT2D eigenvalue weighted by atomic mass is 35.5. The minimum absolute atomic E-state index is 0.660. The Labute approximate surface area is 85.0 Å². The first-order valence-electron chi connectivity index (χ1n) is 4.23. The lowest BCUT2D eigenvalue weighted by Gasteiger charge is -1.92. The van der Waals surface area contributed by atoms with E-state index in [0.717, 1.165) is 11.0 Å². The standard InChI is InChI=1S/C10H6ClN3/c11-7-3-1-4-8-9(7)13-10-12-5-2-6-14(8)10/h1-6H. The van der Waals surface area contributed by atoms with Crippen LogP contribution in [0.15, 0.2) is 36.7 Å². The van der Waals surface area contributed by atoms with Crippen molar-refractivity contribution in [2.75, 3.05) is 0 Å². The molecule has 4 heteroatoms. The van der Waals surface area contributed by atoms with Gasteiger partial charge in [-0.25, -0.2) is 9.97 Å². The minimum atomic E-state index is 0.660. The molecule has 0 N–H and O–H groups in total. The first kappa shape index (κ1) is 7.76. The zero-order valence-electron chi connectivity index (χ0n) is 7.18. The highest BCUT2D eigenvalue weighted by Crippen LogP contribution is 2.22. The number of para-hydroxylation sites is 1. The molecule has 2 aromatic heterocycles. The molecule has 2 heterocycles. The Balaban J connectivity index is 2.63. The second-order valence-corrected chi connectivity index (χ2v) is 3.42. The van der Waals surface area contributed by atoms with Gasteiger partial charge >= 0.3 is 0 Å². The minimum Gasteiger partial charge on any atom is -0.284 e. The van der Waals surface area contributed by atoms with E-state index in [2.05, 4.69) is 9.97 Å². The molecule has 68 valence electrons. The first-order chi connectivity index (χ1) is 6.86. The normalized spacial score (nSPS) is 11.2. The molecule has 3 nitrogen and oxygen atoms in total. The van der Waals surface area contributed by atoms with Gasteiger partial charge in [0.1, 0.15) is 5.52 Å². The molecule has 0 fully saturated rings. The predicted molar refractivity (Wildman–Crippen MR) is 55.5 cm³/mol. The fourth-order valence-corrected chi connectivity index (χ4v) is 1.75. The number of hydrogen-bond donors (Lipinski definition) is 0. The summed E-state index contributed by atoms with van der Waals surface area (Å²) in [7, 11) is 0. The van der Waals surface area contributed by atoms with Crippen molar-refractivity contribution in [1.82, 2.24) is 14.4 Å². The molecule has 0 aliphatic rings. The Morgan fingerprint density at radius 3 is 3.07 bits per heavy atom. The average Bonchev–Trinajstić information content (AvgIpc) is 2.59. The number of hydrogen-bond acceptors (Lipinski definition) is 2. The van der Waals surface area contributed by atoms with E-state index in [1.807, 2.05) is 34.9 Å². The molecular formula is C10H6ClN3. The van der Waals surface area contributed by atoms with E-state index in [1.165, 1.54) is 0 Å². The molecular weight excluding hydrogens is 198 g/mol. The fraction of sp³-hybridized carbons (Fsp3) is 0. The van der Waals surface area contributed by atoms with Gasteiger partial charge in [0, 0.05) is 12.4 Å². The van der Waals surface area contributed by atoms with E-state index in [4.69, 9.17) is 11.6 Å². The maximum Gasteiger partial charge on any atom is 0.234 e. The number of rotatable bonds is 0. The molecule has 0 radical (unpaired) electrons. The Morgan fingerprint density at radius 2 is 2.14 bits per heavy atom. The van der Waals surface area contributed by atoms with Crippen molar-refractivity contribution in [2.24, 2.45) is 0 Å². The van der Waals surface area contributed by atoms with Crippen molar-refractivity contribution in [3.8, 4) is 0 Å². The summed E-state index contributed by atoms with van der Waals surface area (Å²) in [6.45, 7) is 0. The van der Waals surface area contributed by atoms with Crippen LogP contribution in [0, 0.1) is 0 Å². The van der Waals surface area contributed by atoms with Crippen LogP contribution in [0.1, 0.15) is 0 Å². The van der Waals surface area contributed by atoms with Gasteiger partial charge in [-0.1, -0.05) is 17.7 Å². The zero-order valence-corrected chi connectivity index (χ0v) is 7.94. The van der Waals surface area contributed by atoms with Gasteiger partial charge in [-0.15, -0.1) is 0 Å². The molecule has 1 aromatic carbocycles. The Kier molecular flexibility index (Phi) is 1.49. The van der Waals surface area contributed by atoms with Crippen LogP contribution in [0.2, 0.25) is 5.02 Å². The maximum atomic E-state index is 6.02. The molecule has 3 rings (SSSR count). The molecule has 0 saturated heterocycles. The van der Waals surface area contributed by atoms with Crippen molar-refractivity contribution >= 4 is 28.4 Å². The van der Waals surface area contributed by atoms with Gasteiger partial charge in [-0.2, -0.15) is 0 Å². The van der Waals surface area contributed by atoms with Crippen LogP contribution in [0.5, 0.6) is 0 Å². The number of imidazole rings is 1. The van der Waals surface area contributed by atoms with Gasteiger partial charge < -0.3 is 0 Å². The van der Waals surface area contributed by atoms with Crippen molar-refractivity contribution in [2.45, 2.75) is 0 Å². The van der Waals surface area contributed by atoms with E-state index < -0.39 is 0 Å². The lowest BCUT2D eigenvalue weighted by Crippen LogP contribution is -1.84. The summed E-state index contributed by atoms with van der Waals surface area (Å²) >= 11 is 6.02. The number of benzene rings is 1. The van der Waals surface area contributed by atoms with Crippen LogP contribution in [-0.4, -0.2) is 14.4 Å². The third-order valence-electron chi connectivity index (χ3n) is 2.16. The largest absolute Gasteiger partial charge is 0.284 e. The van der Waals surface area contributed by atoms with Gasteiger partial charge in [0.2, 0.25) is 5.78 Å². The maximum absolute atomic E-state index is 6.02. The van der Waals surface area contributed by atoms with Gasteiger partial charge in [-0.05, 0) is 18.2 Å². The summed E-state index contributed by atoms with van der Waals surface area (Å²) in [5.41, 5.74) is 1.79. The second-order valence-electron chi connectivity index (χ2n) is 3.01. The van der Waals surface area contributed by atoms with Crippen molar-refractivity contribution in [3.05, 3.63) is 41.7 Å². The molecule has 0 aliphatic heterocycles. The Hall–Kier alpha value is -1.61. The number of nitrogens with zero attached hydrogens (tertiary/aromatic N) is 3. The number of halogens is 1. The van der Waals surface area contributed by atoms with Crippen LogP contribution < -0.4 is 0 Å². The van der Waals surface area contributed by atoms with Gasteiger partial charge in [0.05, 0.1) is 10.5 Å². The average molecular weight is 204 g/mol. The highest BCUT2D eigenvalue weighted by Gasteiger charge is 2.06. The van der Waals surface area contributed by atoms with Crippen LogP contribution in [0.25, 0.3) is 16.8 Å². The molecule has 14 heavy (non-hydrogen) atoms. The predicted octanol–water partition coefficient (Wildman–Crippen LogP) is 2.54. The van der Waals surface area contributed by atoms with Crippen molar-refractivity contribution in [1.29, 1.82) is 0 Å². The van der Waals surface area contributed by atoms with Crippen LogP contribution in [0.3, 0.4) is 0 Å². The third-order valence-corrected chi connectivity index (χ3v) is 2.47. The summed E-state index contributed by atoms with van der Waals surface area (Å²) in [6.07, 6.45) is 3.64. The van der Waals surface area contributed by atoms with Crippen molar-refractivity contribution < 1.29 is 0 Å². The number of aromatic nitrogens is 3. The Morgan fingerprint density at radius 1 is 1.21 bits per heavy atom. The van der Waals surface area contributed by atoms with Crippen LogP contribution >= 0.6 is 11.6 Å². The smallest absolute Gasteiger partial charge is 0.234 e. The quantitative estimate of drug-likeness (QED) is 0.562. The summed E-state index contributed by atoms with van der Waals surface area (Å²) in [5, 5.41) is 0.660. The van der Waals surface area contributed by atoms with Gasteiger partial charge in [0.25, 0.3) is 0 Å². The molecule has 0 spiro atoms. The van der Waals surface area contributed by atoms with Gasteiger partial charge in [-0.3, -0.25) is 4.40 Å². The van der Waals surface area contributed by atoms with Crippen molar-refractivity contribution in [3.63, 3.8) is 0 Å². The van der Waals surface area contributed by atoms with E-state index in [0.29, 0.717) is 10.8 Å². The third kappa shape index (κ3) is 0.930. The Bertz CT molecular complexity index is 615. The summed E-state index contributed by atoms with van der Waals surface area (Å²) in [6, 6.07) is 7.58. The molecule has 0 aliphatic carbocycles. The molecule has 0 amide bonds. The SMILES string of the molecule is Clc1cccc2c1nc1ncccn12. The lowest BCUT2D eigenvalue weighted by atomic mass is 10.3. The van der Waals surface area contributed by atoms with E-state index in [1.54, 1.807) is 6.20 Å². The van der Waals surface area contributed by atoms with Crippen LogP contribution in [0.4, 0.5) is 0 Å². The summed E-state index contributed by atoms with van der Waals surface area (Å²) in [4.78, 5) is 8.49. The lowest BCUT2D eigenvalue weighted by molar-refractivity contribution is 1.13. The number of fused-ring (bicyclic) bond motifs is 3. The van der Waals surface area contributed by atoms with E-state index in [9.17, 15) is 0 Å². The molecule has 0 bridgehead atoms. The van der Waals surface area contributed by atoms with Crippen LogP contribution in [-0.2, 0) is 0 Å². The monoisotopic (exact) mass is 203 g/mol. The second kappa shape index (κ2) is 2.69. The molecule has 3 aromatic rings. The van der Waals surface area contributed by atoms with Gasteiger partial charge in [0.15, 0.2) is 0 Å². The molecule has 0 unspecified atom stereocenters. The summed E-state index contributed by atoms with van der Waals surface area (Å²) < 4.78 is 1.92. The topological polar surface area (TPSA) is 30.2 Å².